The van der Waals surface area contributed by atoms with E-state index in [9.17, 15) is 14.4 Å². The van der Waals surface area contributed by atoms with E-state index in [1.165, 1.54) is 0 Å². The lowest BCUT2D eigenvalue weighted by Crippen LogP contribution is -2.45. The van der Waals surface area contributed by atoms with Crippen LogP contribution in [-0.4, -0.2) is 53.6 Å². The van der Waals surface area contributed by atoms with Gasteiger partial charge in [0.1, 0.15) is 6.04 Å². The molecule has 1 aromatic carbocycles. The van der Waals surface area contributed by atoms with Gasteiger partial charge in [0.25, 0.3) is 0 Å². The number of ether oxygens (including phenoxy) is 1. The van der Waals surface area contributed by atoms with Crippen molar-refractivity contribution in [3.63, 3.8) is 0 Å². The zero-order chi connectivity index (χ0) is 25.5. The van der Waals surface area contributed by atoms with E-state index in [1.807, 2.05) is 44.2 Å². The molecule has 7 nitrogen and oxygen atoms in total. The number of aliphatic hydroxyl groups excluding tert-OH is 1. The molecule has 1 fully saturated rings. The second-order valence-corrected chi connectivity index (χ2v) is 9.74. The van der Waals surface area contributed by atoms with Gasteiger partial charge in [-0.25, -0.2) is 0 Å². The first-order chi connectivity index (χ1) is 16.8. The summed E-state index contributed by atoms with van der Waals surface area (Å²) in [5.74, 6) is -2.41. The van der Waals surface area contributed by atoms with Crippen LogP contribution in [0.5, 0.6) is 0 Å². The highest BCUT2D eigenvalue weighted by atomic mass is 16.5. The number of aryl methyl sites for hydroxylation is 2. The molecule has 7 heteroatoms. The lowest BCUT2D eigenvalue weighted by molar-refractivity contribution is -0.155. The van der Waals surface area contributed by atoms with Gasteiger partial charge < -0.3 is 20.1 Å². The Labute approximate surface area is 208 Å². The minimum Gasteiger partial charge on any atom is -0.466 e. The number of amides is 2. The van der Waals surface area contributed by atoms with Crippen molar-refractivity contribution in [2.24, 2.45) is 23.7 Å². The lowest BCUT2D eigenvalue weighted by atomic mass is 9.69. The highest BCUT2D eigenvalue weighted by Crippen LogP contribution is 2.46. The van der Waals surface area contributed by atoms with Gasteiger partial charge in [0.2, 0.25) is 11.8 Å². The average molecular weight is 485 g/mol. The van der Waals surface area contributed by atoms with Crippen LogP contribution in [0.4, 0.5) is 5.69 Å². The van der Waals surface area contributed by atoms with Gasteiger partial charge in [-0.2, -0.15) is 0 Å². The van der Waals surface area contributed by atoms with Crippen LogP contribution in [0.15, 0.2) is 30.4 Å². The van der Waals surface area contributed by atoms with Crippen molar-refractivity contribution in [3.05, 3.63) is 41.5 Å². The molecular weight excluding hydrogens is 444 g/mol. The fourth-order valence-electron chi connectivity index (χ4n) is 5.69. The smallest absolute Gasteiger partial charge is 0.310 e. The first-order valence-corrected chi connectivity index (χ1v) is 13.0. The van der Waals surface area contributed by atoms with Crippen LogP contribution in [0.1, 0.15) is 57.1 Å². The summed E-state index contributed by atoms with van der Waals surface area (Å²) < 4.78 is 5.41. The Morgan fingerprint density at radius 2 is 1.80 bits per heavy atom. The lowest BCUT2D eigenvalue weighted by Gasteiger charge is -2.33. The molecule has 2 aliphatic rings. The molecular formula is C28H40N2O5. The summed E-state index contributed by atoms with van der Waals surface area (Å²) in [6, 6.07) is 5.15. The number of esters is 1. The monoisotopic (exact) mass is 484 g/mol. The molecule has 0 unspecified atom stereocenters. The number of anilines is 1. The van der Waals surface area contributed by atoms with Gasteiger partial charge >= 0.3 is 5.97 Å². The van der Waals surface area contributed by atoms with Crippen LogP contribution < -0.4 is 5.32 Å². The normalized spacial score (nSPS) is 25.5. The Balaban J connectivity index is 1.97. The summed E-state index contributed by atoms with van der Waals surface area (Å²) in [7, 11) is 0. The molecule has 5 atom stereocenters. The van der Waals surface area contributed by atoms with Crippen LogP contribution in [0.2, 0.25) is 0 Å². The van der Waals surface area contributed by atoms with Crippen molar-refractivity contribution in [1.29, 1.82) is 0 Å². The zero-order valence-corrected chi connectivity index (χ0v) is 21.5. The molecule has 1 aliphatic heterocycles. The predicted octanol–water partition coefficient (Wildman–Crippen LogP) is 4.01. The molecule has 0 spiro atoms. The number of nitrogens with zero attached hydrogens (tertiary/aromatic N) is 1. The van der Waals surface area contributed by atoms with E-state index in [1.54, 1.807) is 11.8 Å². The molecule has 0 bridgehead atoms. The van der Waals surface area contributed by atoms with E-state index < -0.39 is 23.8 Å². The van der Waals surface area contributed by atoms with Gasteiger partial charge in [0, 0.05) is 24.8 Å². The molecule has 1 aromatic rings. The standard InChI is InChI=1S/C28H40N2O5/c1-5-11-20-14-15-21-23(22(20)28(34)35-6-2)27(33)30(16-8-7-9-17-31)25(21)26(32)29-24-18(3)12-10-13-19(24)4/h10,12-15,20-23,25,31H,5-9,11,16-17H2,1-4H3,(H,29,32)/t20-,21+,22-,23-,25+/m1/s1. The maximum Gasteiger partial charge on any atom is 0.310 e. The highest BCUT2D eigenvalue weighted by molar-refractivity contribution is 6.02. The van der Waals surface area contributed by atoms with Gasteiger partial charge in [0.05, 0.1) is 18.4 Å². The molecule has 35 heavy (non-hydrogen) atoms. The second-order valence-electron chi connectivity index (χ2n) is 9.74. The largest absolute Gasteiger partial charge is 0.466 e. The minimum atomic E-state index is -0.698. The third-order valence-corrected chi connectivity index (χ3v) is 7.35. The Morgan fingerprint density at radius 3 is 2.43 bits per heavy atom. The number of benzene rings is 1. The van der Waals surface area contributed by atoms with Gasteiger partial charge in [-0.15, -0.1) is 0 Å². The van der Waals surface area contributed by atoms with Crippen molar-refractivity contribution < 1.29 is 24.2 Å². The van der Waals surface area contributed by atoms with E-state index in [-0.39, 0.29) is 36.9 Å². The molecule has 3 rings (SSSR count). The molecule has 0 radical (unpaired) electrons. The Morgan fingerprint density at radius 1 is 1.09 bits per heavy atom. The number of hydrogen-bond donors (Lipinski definition) is 2. The van der Waals surface area contributed by atoms with Crippen molar-refractivity contribution in [3.8, 4) is 0 Å². The number of likely N-dealkylation sites (tertiary alicyclic amines) is 1. The summed E-state index contributed by atoms with van der Waals surface area (Å²) in [6.45, 7) is 8.50. The number of unbranched alkanes of at least 4 members (excludes halogenated alkanes) is 2. The number of fused-ring (bicyclic) bond motifs is 1. The summed E-state index contributed by atoms with van der Waals surface area (Å²) in [5, 5.41) is 12.2. The quantitative estimate of drug-likeness (QED) is 0.281. The average Bonchev–Trinajstić information content (AvgIpc) is 3.11. The van der Waals surface area contributed by atoms with Crippen LogP contribution in [0.3, 0.4) is 0 Å². The van der Waals surface area contributed by atoms with Gasteiger partial charge in [-0.3, -0.25) is 14.4 Å². The fraction of sp³-hybridized carbons (Fsp3) is 0.607. The van der Waals surface area contributed by atoms with Crippen molar-refractivity contribution in [2.75, 3.05) is 25.1 Å². The maximum absolute atomic E-state index is 13.8. The summed E-state index contributed by atoms with van der Waals surface area (Å²) in [5.41, 5.74) is 2.68. The molecule has 0 saturated carbocycles. The van der Waals surface area contributed by atoms with Crippen molar-refractivity contribution in [2.45, 2.75) is 65.8 Å². The first kappa shape index (κ1) is 26.9. The molecule has 192 valence electrons. The Kier molecular flexibility index (Phi) is 9.49. The molecule has 1 heterocycles. The van der Waals surface area contributed by atoms with Gasteiger partial charge in [-0.05, 0) is 63.5 Å². The summed E-state index contributed by atoms with van der Waals surface area (Å²) in [6.07, 6.45) is 7.78. The second kappa shape index (κ2) is 12.3. The van der Waals surface area contributed by atoms with Crippen LogP contribution in [0.25, 0.3) is 0 Å². The SMILES string of the molecule is CCC[C@@H]1C=C[C@H]2[C@@H](C(=O)N(CCCCCO)[C@@H]2C(=O)Nc2c(C)cccc2C)[C@@H]1C(=O)OCC. The third-order valence-electron chi connectivity index (χ3n) is 7.35. The van der Waals surface area contributed by atoms with Gasteiger partial charge in [0.15, 0.2) is 0 Å². The molecule has 2 N–H and O–H groups in total. The van der Waals surface area contributed by atoms with Crippen molar-refractivity contribution in [1.82, 2.24) is 4.90 Å². The summed E-state index contributed by atoms with van der Waals surface area (Å²) in [4.78, 5) is 42.3. The zero-order valence-electron chi connectivity index (χ0n) is 21.5. The molecule has 0 aromatic heterocycles. The van der Waals surface area contributed by atoms with Gasteiger partial charge in [-0.1, -0.05) is 43.7 Å². The number of para-hydroxylation sites is 1. The fourth-order valence-corrected chi connectivity index (χ4v) is 5.69. The van der Waals surface area contributed by atoms with E-state index >= 15 is 0 Å². The molecule has 1 aliphatic carbocycles. The number of carbonyl (C=O) groups excluding carboxylic acids is 3. The van der Waals surface area contributed by atoms with E-state index in [2.05, 4.69) is 12.2 Å². The Hall–Kier alpha value is -2.67. The van der Waals surface area contributed by atoms with Crippen molar-refractivity contribution >= 4 is 23.5 Å². The number of rotatable bonds is 11. The number of carbonyl (C=O) groups is 3. The predicted molar refractivity (Wildman–Crippen MR) is 136 cm³/mol. The molecule has 2 amide bonds. The maximum atomic E-state index is 13.8. The van der Waals surface area contributed by atoms with E-state index in [0.29, 0.717) is 19.4 Å². The minimum absolute atomic E-state index is 0.0825. The Bertz CT molecular complexity index is 923. The van der Waals surface area contributed by atoms with Crippen LogP contribution >= 0.6 is 0 Å². The number of nitrogens with one attached hydrogen (secondary N) is 1. The van der Waals surface area contributed by atoms with Crippen LogP contribution in [-0.2, 0) is 19.1 Å². The first-order valence-electron chi connectivity index (χ1n) is 13.0. The number of hydrogen-bond acceptors (Lipinski definition) is 5. The number of aliphatic hydroxyl groups is 1. The highest BCUT2D eigenvalue weighted by Gasteiger charge is 2.57. The third kappa shape index (κ3) is 5.77. The van der Waals surface area contributed by atoms with E-state index in [4.69, 9.17) is 9.84 Å². The topological polar surface area (TPSA) is 95.9 Å². The van der Waals surface area contributed by atoms with Crippen LogP contribution in [0, 0.1) is 37.5 Å². The molecule has 1 saturated heterocycles. The number of allylic oxidation sites excluding steroid dienone is 1. The summed E-state index contributed by atoms with van der Waals surface area (Å²) >= 11 is 0. The van der Waals surface area contributed by atoms with E-state index in [0.717, 1.165) is 36.1 Å².